The first-order chi connectivity index (χ1) is 14.9. The number of nitrogens with one attached hydrogen (secondary N) is 1. The highest BCUT2D eigenvalue weighted by atomic mass is 19.1. The van der Waals surface area contributed by atoms with Gasteiger partial charge in [-0.3, -0.25) is 9.69 Å². The van der Waals surface area contributed by atoms with Crippen molar-refractivity contribution in [3.63, 3.8) is 0 Å². The van der Waals surface area contributed by atoms with E-state index in [0.717, 1.165) is 0 Å². The fourth-order valence-electron chi connectivity index (χ4n) is 3.79. The third-order valence-corrected chi connectivity index (χ3v) is 5.44. The van der Waals surface area contributed by atoms with Gasteiger partial charge >= 0.3 is 12.2 Å². The highest BCUT2D eigenvalue weighted by Crippen LogP contribution is 2.30. The third kappa shape index (κ3) is 5.60. The van der Waals surface area contributed by atoms with Crippen molar-refractivity contribution in [3.8, 4) is 0 Å². The minimum Gasteiger partial charge on any atom is -0.444 e. The molecule has 2 saturated heterocycles. The second-order valence-corrected chi connectivity index (χ2v) is 9.17. The zero-order valence-corrected chi connectivity index (χ0v) is 19.2. The van der Waals surface area contributed by atoms with Gasteiger partial charge in [0.1, 0.15) is 17.5 Å². The van der Waals surface area contributed by atoms with Gasteiger partial charge in [0.2, 0.25) is 5.91 Å². The van der Waals surface area contributed by atoms with Gasteiger partial charge in [-0.25, -0.2) is 14.0 Å². The van der Waals surface area contributed by atoms with Crippen molar-refractivity contribution in [3.05, 3.63) is 24.0 Å². The molecule has 0 radical (unpaired) electrons. The van der Waals surface area contributed by atoms with Gasteiger partial charge in [0.25, 0.3) is 0 Å². The van der Waals surface area contributed by atoms with E-state index in [0.29, 0.717) is 30.9 Å². The van der Waals surface area contributed by atoms with Gasteiger partial charge in [-0.2, -0.15) is 0 Å². The monoisotopic (exact) mass is 450 g/mol. The van der Waals surface area contributed by atoms with Crippen molar-refractivity contribution >= 4 is 29.5 Å². The average Bonchev–Trinajstić information content (AvgIpc) is 3.31. The van der Waals surface area contributed by atoms with Gasteiger partial charge in [0, 0.05) is 33.1 Å². The van der Waals surface area contributed by atoms with Crippen LogP contribution in [0.3, 0.4) is 0 Å². The smallest absolute Gasteiger partial charge is 0.414 e. The first-order valence-electron chi connectivity index (χ1n) is 10.7. The van der Waals surface area contributed by atoms with Crippen molar-refractivity contribution in [2.24, 2.45) is 0 Å². The molecule has 0 aromatic heterocycles. The molecular formula is C22H31FN4O5. The molecular weight excluding hydrogens is 419 g/mol. The standard InChI is InChI=1S/C22H31FN4O5/c1-14(28)24-11-17-13-27(21(30)31-17)15-6-7-19(18(23)10-15)25(5)16-8-9-26(12-16)20(29)32-22(2,3)4/h6-7,10,16-17H,8-9,11-13H2,1-5H3,(H,24,28)/t16?,17-/m0/s1. The topological polar surface area (TPSA) is 91.4 Å². The molecule has 176 valence electrons. The van der Waals surface area contributed by atoms with Crippen molar-refractivity contribution in [2.45, 2.75) is 51.9 Å². The van der Waals surface area contributed by atoms with E-state index in [1.165, 1.54) is 17.9 Å². The Balaban J connectivity index is 1.63. The molecule has 1 N–H and O–H groups in total. The molecule has 0 saturated carbocycles. The Hall–Kier alpha value is -3.04. The predicted molar refractivity (Wildman–Crippen MR) is 117 cm³/mol. The lowest BCUT2D eigenvalue weighted by Gasteiger charge is -2.28. The van der Waals surface area contributed by atoms with Crippen molar-refractivity contribution in [1.29, 1.82) is 0 Å². The second-order valence-electron chi connectivity index (χ2n) is 9.17. The Morgan fingerprint density at radius 2 is 2.03 bits per heavy atom. The van der Waals surface area contributed by atoms with Crippen LogP contribution in [0.1, 0.15) is 34.1 Å². The van der Waals surface area contributed by atoms with Crippen molar-refractivity contribution < 1.29 is 28.2 Å². The minimum atomic E-state index is -0.579. The molecule has 1 aromatic carbocycles. The number of hydrogen-bond acceptors (Lipinski definition) is 6. The zero-order chi connectivity index (χ0) is 23.6. The number of carbonyl (C=O) groups excluding carboxylic acids is 3. The molecule has 10 heteroatoms. The Bertz CT molecular complexity index is 888. The maximum atomic E-state index is 15.0. The molecule has 2 aliphatic heterocycles. The molecule has 9 nitrogen and oxygen atoms in total. The lowest BCUT2D eigenvalue weighted by atomic mass is 10.1. The van der Waals surface area contributed by atoms with Crippen LogP contribution < -0.4 is 15.1 Å². The van der Waals surface area contributed by atoms with Crippen LogP contribution in [-0.4, -0.2) is 74.0 Å². The fourth-order valence-corrected chi connectivity index (χ4v) is 3.79. The quantitative estimate of drug-likeness (QED) is 0.742. The molecule has 2 heterocycles. The van der Waals surface area contributed by atoms with Gasteiger partial charge in [-0.05, 0) is 45.4 Å². The molecule has 0 aliphatic carbocycles. The summed E-state index contributed by atoms with van der Waals surface area (Å²) in [5.74, 6) is -0.686. The summed E-state index contributed by atoms with van der Waals surface area (Å²) in [6.45, 7) is 8.25. The first-order valence-corrected chi connectivity index (χ1v) is 10.7. The summed E-state index contributed by atoms with van der Waals surface area (Å²) in [6.07, 6.45) is -0.746. The van der Waals surface area contributed by atoms with Gasteiger partial charge in [-0.15, -0.1) is 0 Å². The Morgan fingerprint density at radius 1 is 1.31 bits per heavy atom. The number of nitrogens with zero attached hydrogens (tertiary/aromatic N) is 3. The molecule has 1 unspecified atom stereocenters. The fraction of sp³-hybridized carbons (Fsp3) is 0.591. The molecule has 2 atom stereocenters. The number of likely N-dealkylation sites (N-methyl/N-ethyl adjacent to an activating group) is 1. The number of rotatable bonds is 5. The zero-order valence-electron chi connectivity index (χ0n) is 19.2. The Kier molecular flexibility index (Phi) is 6.80. The van der Waals surface area contributed by atoms with E-state index < -0.39 is 23.6 Å². The number of benzene rings is 1. The number of cyclic esters (lactones) is 1. The van der Waals surface area contributed by atoms with Gasteiger partial charge in [0.05, 0.1) is 24.5 Å². The van der Waals surface area contributed by atoms with Crippen LogP contribution in [0.15, 0.2) is 18.2 Å². The van der Waals surface area contributed by atoms with Crippen molar-refractivity contribution in [1.82, 2.24) is 10.2 Å². The second kappa shape index (κ2) is 9.22. The summed E-state index contributed by atoms with van der Waals surface area (Å²) in [5.41, 5.74) is 0.199. The third-order valence-electron chi connectivity index (χ3n) is 5.44. The number of hydrogen-bond donors (Lipinski definition) is 1. The minimum absolute atomic E-state index is 0.0540. The Morgan fingerprint density at radius 3 is 2.66 bits per heavy atom. The largest absolute Gasteiger partial charge is 0.444 e. The number of amides is 3. The highest BCUT2D eigenvalue weighted by molar-refractivity contribution is 5.90. The normalized spacial score (nSPS) is 20.9. The van der Waals surface area contributed by atoms with Gasteiger partial charge < -0.3 is 24.6 Å². The summed E-state index contributed by atoms with van der Waals surface area (Å²) in [4.78, 5) is 40.3. The van der Waals surface area contributed by atoms with Crippen LogP contribution in [0.5, 0.6) is 0 Å². The summed E-state index contributed by atoms with van der Waals surface area (Å²) in [6, 6.07) is 4.53. The van der Waals surface area contributed by atoms with E-state index in [1.807, 2.05) is 25.7 Å². The van der Waals surface area contributed by atoms with Crippen molar-refractivity contribution in [2.75, 3.05) is 43.0 Å². The summed E-state index contributed by atoms with van der Waals surface area (Å²) in [5, 5.41) is 2.61. The van der Waals surface area contributed by atoms with Crippen LogP contribution in [0.25, 0.3) is 0 Å². The van der Waals surface area contributed by atoms with Gasteiger partial charge in [0.15, 0.2) is 0 Å². The molecule has 2 aliphatic rings. The number of carbonyl (C=O) groups is 3. The van der Waals surface area contributed by atoms with E-state index >= 15 is 0 Å². The SMILES string of the molecule is CC(=O)NC[C@H]1CN(c2ccc(N(C)C3CCN(C(=O)OC(C)(C)C)C3)c(F)c2)C(=O)O1. The summed E-state index contributed by atoms with van der Waals surface area (Å²) >= 11 is 0. The number of likely N-dealkylation sites (tertiary alicyclic amines) is 1. The van der Waals surface area contributed by atoms with E-state index in [-0.39, 0.29) is 31.1 Å². The highest BCUT2D eigenvalue weighted by Gasteiger charge is 2.34. The molecule has 0 bridgehead atoms. The van der Waals surface area contributed by atoms with E-state index in [2.05, 4.69) is 5.32 Å². The first kappa shape index (κ1) is 23.6. The Labute approximate surface area is 187 Å². The summed E-state index contributed by atoms with van der Waals surface area (Å²) in [7, 11) is 1.79. The lowest BCUT2D eigenvalue weighted by Crippen LogP contribution is -2.39. The molecule has 32 heavy (non-hydrogen) atoms. The number of anilines is 2. The average molecular weight is 451 g/mol. The van der Waals surface area contributed by atoms with Crippen LogP contribution in [-0.2, 0) is 14.3 Å². The molecule has 3 rings (SSSR count). The van der Waals surface area contributed by atoms with E-state index in [1.54, 1.807) is 24.1 Å². The van der Waals surface area contributed by atoms with Crippen LogP contribution >= 0.6 is 0 Å². The molecule has 2 fully saturated rings. The van der Waals surface area contributed by atoms with Gasteiger partial charge in [-0.1, -0.05) is 0 Å². The van der Waals surface area contributed by atoms with Crippen LogP contribution in [0, 0.1) is 5.82 Å². The number of ether oxygens (including phenoxy) is 2. The number of halogens is 1. The maximum Gasteiger partial charge on any atom is 0.414 e. The van der Waals surface area contributed by atoms with Crippen LogP contribution in [0.2, 0.25) is 0 Å². The summed E-state index contributed by atoms with van der Waals surface area (Å²) < 4.78 is 25.6. The van der Waals surface area contributed by atoms with E-state index in [9.17, 15) is 18.8 Å². The lowest BCUT2D eigenvalue weighted by molar-refractivity contribution is -0.119. The predicted octanol–water partition coefficient (Wildman–Crippen LogP) is 2.73. The maximum absolute atomic E-state index is 15.0. The molecule has 1 aromatic rings. The van der Waals surface area contributed by atoms with E-state index in [4.69, 9.17) is 9.47 Å². The van der Waals surface area contributed by atoms with Crippen LogP contribution in [0.4, 0.5) is 25.4 Å². The molecule has 0 spiro atoms. The molecule has 3 amide bonds.